The fourth-order valence-electron chi connectivity index (χ4n) is 2.09. The molecule has 10 heteroatoms. The van der Waals surface area contributed by atoms with Gasteiger partial charge in [0.25, 0.3) is 5.91 Å². The SMILES string of the molecule is COC(=O)C[C@@H](C(=O)OC)[C@@H](NC(=O)c1ccc(F)cc1F)C(=O)OC. The fraction of sp³-hybridized carbons (Fsp3) is 0.375. The molecule has 0 saturated heterocycles. The van der Waals surface area contributed by atoms with Gasteiger partial charge in [-0.25, -0.2) is 13.6 Å². The maximum absolute atomic E-state index is 13.7. The van der Waals surface area contributed by atoms with Crippen LogP contribution in [0.15, 0.2) is 18.2 Å². The zero-order chi connectivity index (χ0) is 19.9. The maximum atomic E-state index is 13.7. The highest BCUT2D eigenvalue weighted by atomic mass is 19.1. The number of amides is 1. The summed E-state index contributed by atoms with van der Waals surface area (Å²) in [6.07, 6.45) is -0.602. The lowest BCUT2D eigenvalue weighted by Gasteiger charge is -2.23. The average molecular weight is 373 g/mol. The molecule has 0 heterocycles. The van der Waals surface area contributed by atoms with Gasteiger partial charge in [-0.05, 0) is 12.1 Å². The average Bonchev–Trinajstić information content (AvgIpc) is 2.62. The summed E-state index contributed by atoms with van der Waals surface area (Å²) in [4.78, 5) is 47.7. The van der Waals surface area contributed by atoms with E-state index in [1.54, 1.807) is 0 Å². The minimum Gasteiger partial charge on any atom is -0.469 e. The Bertz CT molecular complexity index is 708. The molecule has 8 nitrogen and oxygen atoms in total. The second kappa shape index (κ2) is 9.44. The third-order valence-electron chi connectivity index (χ3n) is 3.44. The van der Waals surface area contributed by atoms with Crippen molar-refractivity contribution in [2.45, 2.75) is 12.5 Å². The molecule has 1 N–H and O–H groups in total. The predicted octanol–water partition coefficient (Wildman–Crippen LogP) is 0.588. The van der Waals surface area contributed by atoms with E-state index in [0.717, 1.165) is 33.5 Å². The van der Waals surface area contributed by atoms with Gasteiger partial charge in [0.1, 0.15) is 17.7 Å². The number of benzene rings is 1. The van der Waals surface area contributed by atoms with Crippen molar-refractivity contribution in [2.75, 3.05) is 21.3 Å². The molecule has 0 aliphatic rings. The van der Waals surface area contributed by atoms with Crippen LogP contribution in [0.25, 0.3) is 0 Å². The number of nitrogens with one attached hydrogen (secondary N) is 1. The molecule has 0 aliphatic heterocycles. The summed E-state index contributed by atoms with van der Waals surface area (Å²) in [7, 11) is 3.07. The first-order valence-electron chi connectivity index (χ1n) is 7.23. The highest BCUT2D eigenvalue weighted by Crippen LogP contribution is 2.16. The lowest BCUT2D eigenvalue weighted by atomic mass is 9.95. The summed E-state index contributed by atoms with van der Waals surface area (Å²) in [5.74, 6) is -7.58. The Hall–Kier alpha value is -3.04. The monoisotopic (exact) mass is 373 g/mol. The fourth-order valence-corrected chi connectivity index (χ4v) is 2.09. The molecule has 1 aromatic carbocycles. The summed E-state index contributed by atoms with van der Waals surface area (Å²) >= 11 is 0. The largest absolute Gasteiger partial charge is 0.469 e. The summed E-state index contributed by atoms with van der Waals surface area (Å²) in [5.41, 5.74) is -0.568. The van der Waals surface area contributed by atoms with Crippen molar-refractivity contribution < 1.29 is 42.2 Å². The summed E-state index contributed by atoms with van der Waals surface area (Å²) in [6, 6.07) is 0.525. The van der Waals surface area contributed by atoms with Gasteiger partial charge in [0.2, 0.25) is 0 Å². The van der Waals surface area contributed by atoms with Crippen molar-refractivity contribution in [2.24, 2.45) is 5.92 Å². The van der Waals surface area contributed by atoms with Crippen LogP contribution < -0.4 is 5.32 Å². The Kier molecular flexibility index (Phi) is 7.63. The topological polar surface area (TPSA) is 108 Å². The van der Waals surface area contributed by atoms with Gasteiger partial charge in [0, 0.05) is 6.07 Å². The Morgan fingerprint density at radius 1 is 1.00 bits per heavy atom. The van der Waals surface area contributed by atoms with Crippen LogP contribution in [0, 0.1) is 17.6 Å². The maximum Gasteiger partial charge on any atom is 0.329 e. The van der Waals surface area contributed by atoms with E-state index in [-0.39, 0.29) is 0 Å². The number of carbonyl (C=O) groups excluding carboxylic acids is 4. The quantitative estimate of drug-likeness (QED) is 0.550. The molecule has 1 rings (SSSR count). The zero-order valence-corrected chi connectivity index (χ0v) is 14.2. The van der Waals surface area contributed by atoms with Crippen molar-refractivity contribution in [3.8, 4) is 0 Å². The van der Waals surface area contributed by atoms with Crippen molar-refractivity contribution in [1.29, 1.82) is 0 Å². The first-order valence-corrected chi connectivity index (χ1v) is 7.23. The molecule has 0 radical (unpaired) electrons. The Balaban J connectivity index is 3.17. The minimum absolute atomic E-state index is 0.480. The highest BCUT2D eigenvalue weighted by Gasteiger charge is 2.39. The standard InChI is InChI=1S/C16H17F2NO7/c1-24-12(20)7-10(15(22)25-2)13(16(23)26-3)19-14(21)9-5-4-8(17)6-11(9)18/h4-6,10,13H,7H2,1-3H3,(H,19,21)/t10-,13-/m1/s1. The minimum atomic E-state index is -1.66. The third kappa shape index (κ3) is 5.23. The van der Waals surface area contributed by atoms with E-state index in [1.807, 2.05) is 0 Å². The van der Waals surface area contributed by atoms with E-state index in [1.165, 1.54) is 0 Å². The van der Waals surface area contributed by atoms with Gasteiger partial charge in [-0.15, -0.1) is 0 Å². The van der Waals surface area contributed by atoms with Crippen LogP contribution in [-0.2, 0) is 28.6 Å². The molecule has 142 valence electrons. The number of esters is 3. The van der Waals surface area contributed by atoms with Crippen molar-refractivity contribution in [1.82, 2.24) is 5.32 Å². The number of halogens is 2. The van der Waals surface area contributed by atoms with E-state index < -0.39 is 59.4 Å². The van der Waals surface area contributed by atoms with E-state index in [4.69, 9.17) is 0 Å². The van der Waals surface area contributed by atoms with Crippen molar-refractivity contribution in [3.63, 3.8) is 0 Å². The van der Waals surface area contributed by atoms with Crippen LogP contribution in [0.3, 0.4) is 0 Å². The van der Waals surface area contributed by atoms with E-state index in [2.05, 4.69) is 19.5 Å². The number of carbonyl (C=O) groups is 4. The normalized spacial score (nSPS) is 12.5. The molecule has 26 heavy (non-hydrogen) atoms. The summed E-state index contributed by atoms with van der Waals surface area (Å²) in [6.45, 7) is 0. The van der Waals surface area contributed by atoms with Crippen LogP contribution in [0.1, 0.15) is 16.8 Å². The van der Waals surface area contributed by atoms with E-state index in [9.17, 15) is 28.0 Å². The number of rotatable bonds is 7. The van der Waals surface area contributed by atoms with Gasteiger partial charge in [0.15, 0.2) is 0 Å². The molecular formula is C16H17F2NO7. The number of hydrogen-bond acceptors (Lipinski definition) is 7. The molecular weight excluding hydrogens is 356 g/mol. The molecule has 0 saturated carbocycles. The number of ether oxygens (including phenoxy) is 3. The molecule has 2 atom stereocenters. The number of methoxy groups -OCH3 is 3. The van der Waals surface area contributed by atoms with Crippen LogP contribution >= 0.6 is 0 Å². The zero-order valence-electron chi connectivity index (χ0n) is 14.2. The molecule has 0 spiro atoms. The van der Waals surface area contributed by atoms with Gasteiger partial charge in [-0.2, -0.15) is 0 Å². The lowest BCUT2D eigenvalue weighted by Crippen LogP contribution is -2.50. The Morgan fingerprint density at radius 3 is 2.12 bits per heavy atom. The van der Waals surface area contributed by atoms with Crippen molar-refractivity contribution >= 4 is 23.8 Å². The van der Waals surface area contributed by atoms with Gasteiger partial charge in [-0.1, -0.05) is 0 Å². The van der Waals surface area contributed by atoms with Gasteiger partial charge in [0.05, 0.1) is 39.2 Å². The highest BCUT2D eigenvalue weighted by molar-refractivity contribution is 5.98. The second-order valence-corrected chi connectivity index (χ2v) is 5.01. The smallest absolute Gasteiger partial charge is 0.329 e. The molecule has 0 aliphatic carbocycles. The molecule has 0 unspecified atom stereocenters. The molecule has 0 fully saturated rings. The third-order valence-corrected chi connectivity index (χ3v) is 3.44. The summed E-state index contributed by atoms with van der Waals surface area (Å²) in [5, 5.41) is 2.10. The first kappa shape index (κ1) is 21.0. The van der Waals surface area contributed by atoms with Crippen LogP contribution in [0.2, 0.25) is 0 Å². The van der Waals surface area contributed by atoms with Crippen molar-refractivity contribution in [3.05, 3.63) is 35.4 Å². The molecule has 0 aromatic heterocycles. The summed E-state index contributed by atoms with van der Waals surface area (Å²) < 4.78 is 40.2. The first-order chi connectivity index (χ1) is 12.2. The van der Waals surface area contributed by atoms with Crippen LogP contribution in [-0.4, -0.2) is 51.2 Å². The molecule has 1 amide bonds. The lowest BCUT2D eigenvalue weighted by molar-refractivity contribution is -0.158. The van der Waals surface area contributed by atoms with Gasteiger partial charge < -0.3 is 19.5 Å². The molecule has 1 aromatic rings. The van der Waals surface area contributed by atoms with Gasteiger partial charge >= 0.3 is 17.9 Å². The Morgan fingerprint density at radius 2 is 1.62 bits per heavy atom. The second-order valence-electron chi connectivity index (χ2n) is 5.01. The molecule has 0 bridgehead atoms. The Labute approximate surface area is 147 Å². The van der Waals surface area contributed by atoms with Crippen LogP contribution in [0.5, 0.6) is 0 Å². The van der Waals surface area contributed by atoms with E-state index in [0.29, 0.717) is 6.07 Å². The van der Waals surface area contributed by atoms with Gasteiger partial charge in [-0.3, -0.25) is 14.4 Å². The van der Waals surface area contributed by atoms with Crippen LogP contribution in [0.4, 0.5) is 8.78 Å². The predicted molar refractivity (Wildman–Crippen MR) is 81.8 cm³/mol. The number of hydrogen-bond donors (Lipinski definition) is 1. The van der Waals surface area contributed by atoms with E-state index >= 15 is 0 Å².